The molecule has 0 bridgehead atoms. The molecule has 2 aromatic rings. The molecule has 6 heteroatoms. The fourth-order valence-electron chi connectivity index (χ4n) is 2.61. The number of thiophene rings is 1. The Morgan fingerprint density at radius 3 is 2.81 bits per heavy atom. The van der Waals surface area contributed by atoms with Gasteiger partial charge in [-0.25, -0.2) is 13.1 Å². The molecule has 1 aliphatic carbocycles. The summed E-state index contributed by atoms with van der Waals surface area (Å²) < 4.78 is 27.6. The molecule has 1 aliphatic rings. The first-order valence-electron chi connectivity index (χ1n) is 6.96. The molecule has 0 saturated carbocycles. The van der Waals surface area contributed by atoms with Crippen LogP contribution in [0.25, 0.3) is 0 Å². The van der Waals surface area contributed by atoms with Crippen LogP contribution in [-0.2, 0) is 22.9 Å². The molecular weight excluding hydrogens is 304 g/mol. The van der Waals surface area contributed by atoms with Gasteiger partial charge in [0.15, 0.2) is 0 Å². The van der Waals surface area contributed by atoms with E-state index < -0.39 is 10.0 Å². The molecule has 112 valence electrons. The topological polar surface area (TPSA) is 72.2 Å². The summed E-state index contributed by atoms with van der Waals surface area (Å²) in [7, 11) is -3.40. The molecule has 21 heavy (non-hydrogen) atoms. The van der Waals surface area contributed by atoms with Gasteiger partial charge in [0.2, 0.25) is 10.0 Å². The Balaban J connectivity index is 1.64. The Kier molecular flexibility index (Phi) is 4.12. The number of sulfonamides is 1. The number of benzene rings is 1. The van der Waals surface area contributed by atoms with Crippen molar-refractivity contribution in [1.82, 2.24) is 4.72 Å². The molecule has 3 N–H and O–H groups in total. The Labute approximate surface area is 129 Å². The number of nitrogens with one attached hydrogen (secondary N) is 1. The lowest BCUT2D eigenvalue weighted by Crippen LogP contribution is -2.32. The molecule has 1 atom stereocenters. The summed E-state index contributed by atoms with van der Waals surface area (Å²) in [6.45, 7) is 0.996. The third kappa shape index (κ3) is 3.03. The van der Waals surface area contributed by atoms with Crippen molar-refractivity contribution in [1.29, 1.82) is 0 Å². The van der Waals surface area contributed by atoms with E-state index in [2.05, 4.69) is 16.9 Å². The summed E-state index contributed by atoms with van der Waals surface area (Å²) >= 11 is 1.30. The van der Waals surface area contributed by atoms with Gasteiger partial charge < -0.3 is 5.73 Å². The minimum absolute atomic E-state index is 0.291. The lowest BCUT2D eigenvalue weighted by molar-refractivity contribution is 0.553. The van der Waals surface area contributed by atoms with Crippen LogP contribution in [0.1, 0.15) is 21.9 Å². The highest BCUT2D eigenvalue weighted by Gasteiger charge is 2.27. The van der Waals surface area contributed by atoms with Crippen LogP contribution in [-0.4, -0.2) is 21.5 Å². The molecule has 1 unspecified atom stereocenters. The maximum Gasteiger partial charge on any atom is 0.250 e. The minimum atomic E-state index is -3.40. The fraction of sp³-hybridized carbons (Fsp3) is 0.333. The van der Waals surface area contributed by atoms with Crippen LogP contribution in [0.2, 0.25) is 0 Å². The van der Waals surface area contributed by atoms with Gasteiger partial charge in [-0.3, -0.25) is 0 Å². The lowest BCUT2D eigenvalue weighted by atomic mass is 9.78. The van der Waals surface area contributed by atoms with Crippen LogP contribution in [0.3, 0.4) is 0 Å². The van der Waals surface area contributed by atoms with Crippen LogP contribution < -0.4 is 10.5 Å². The third-order valence-corrected chi connectivity index (χ3v) is 6.83. The van der Waals surface area contributed by atoms with E-state index in [1.807, 2.05) is 18.2 Å². The average Bonchev–Trinajstić information content (AvgIpc) is 2.90. The number of nitrogens with two attached hydrogens (primary N) is 1. The number of hydrogen-bond donors (Lipinski definition) is 2. The van der Waals surface area contributed by atoms with Crippen LogP contribution >= 0.6 is 11.3 Å². The van der Waals surface area contributed by atoms with Crippen molar-refractivity contribution in [3.8, 4) is 0 Å². The van der Waals surface area contributed by atoms with Crippen molar-refractivity contribution < 1.29 is 8.42 Å². The first-order valence-corrected chi connectivity index (χ1v) is 9.26. The molecule has 3 rings (SSSR count). The summed E-state index contributed by atoms with van der Waals surface area (Å²) in [5, 5.41) is 0. The van der Waals surface area contributed by atoms with E-state index in [4.69, 9.17) is 5.73 Å². The second kappa shape index (κ2) is 5.88. The minimum Gasteiger partial charge on any atom is -0.330 e. The number of fused-ring (bicyclic) bond motifs is 1. The molecule has 0 saturated heterocycles. The van der Waals surface area contributed by atoms with Crippen molar-refractivity contribution in [2.45, 2.75) is 23.0 Å². The highest BCUT2D eigenvalue weighted by molar-refractivity contribution is 7.91. The van der Waals surface area contributed by atoms with Crippen molar-refractivity contribution in [2.24, 2.45) is 5.73 Å². The van der Waals surface area contributed by atoms with Gasteiger partial charge in [-0.05, 0) is 42.6 Å². The van der Waals surface area contributed by atoms with Crippen LogP contribution in [0.5, 0.6) is 0 Å². The van der Waals surface area contributed by atoms with Gasteiger partial charge in [0.1, 0.15) is 4.21 Å². The van der Waals surface area contributed by atoms with Crippen molar-refractivity contribution in [3.63, 3.8) is 0 Å². The monoisotopic (exact) mass is 322 g/mol. The van der Waals surface area contributed by atoms with Crippen LogP contribution in [0.15, 0.2) is 40.6 Å². The zero-order valence-corrected chi connectivity index (χ0v) is 13.2. The summed E-state index contributed by atoms with van der Waals surface area (Å²) in [4.78, 5) is 1.01. The van der Waals surface area contributed by atoms with Gasteiger partial charge in [0, 0.05) is 17.3 Å². The lowest BCUT2D eigenvalue weighted by Gasteiger charge is -2.29. The number of rotatable bonds is 6. The van der Waals surface area contributed by atoms with E-state index in [9.17, 15) is 8.42 Å². The first-order chi connectivity index (χ1) is 10.1. The molecule has 4 nitrogen and oxygen atoms in total. The van der Waals surface area contributed by atoms with Gasteiger partial charge in [-0.15, -0.1) is 11.3 Å². The highest BCUT2D eigenvalue weighted by Crippen LogP contribution is 2.34. The van der Waals surface area contributed by atoms with Crippen molar-refractivity contribution in [2.75, 3.05) is 13.1 Å². The van der Waals surface area contributed by atoms with Gasteiger partial charge in [-0.2, -0.15) is 0 Å². The second-order valence-corrected chi connectivity index (χ2v) is 8.37. The molecule has 0 aliphatic heterocycles. The van der Waals surface area contributed by atoms with E-state index in [1.54, 1.807) is 6.07 Å². The van der Waals surface area contributed by atoms with Crippen molar-refractivity contribution in [3.05, 3.63) is 52.4 Å². The molecule has 0 radical (unpaired) electrons. The van der Waals surface area contributed by atoms with Gasteiger partial charge in [0.25, 0.3) is 0 Å². The van der Waals surface area contributed by atoms with Gasteiger partial charge in [-0.1, -0.05) is 24.3 Å². The molecule has 1 aromatic heterocycles. The first kappa shape index (κ1) is 14.7. The molecule has 0 fully saturated rings. The normalized spacial score (nSPS) is 17.3. The van der Waals surface area contributed by atoms with Crippen molar-refractivity contribution >= 4 is 21.4 Å². The Bertz CT molecular complexity index is 738. The van der Waals surface area contributed by atoms with E-state index in [1.165, 1.54) is 22.5 Å². The summed E-state index contributed by atoms with van der Waals surface area (Å²) in [5.74, 6) is 0.291. The van der Waals surface area contributed by atoms with E-state index in [-0.39, 0.29) is 0 Å². The maximum atomic E-state index is 12.3. The Hall–Kier alpha value is -1.21. The zero-order valence-electron chi connectivity index (χ0n) is 11.6. The Morgan fingerprint density at radius 1 is 1.24 bits per heavy atom. The second-order valence-electron chi connectivity index (χ2n) is 5.21. The fourth-order valence-corrected chi connectivity index (χ4v) is 5.10. The quantitative estimate of drug-likeness (QED) is 0.853. The van der Waals surface area contributed by atoms with Gasteiger partial charge >= 0.3 is 0 Å². The summed E-state index contributed by atoms with van der Waals surface area (Å²) in [6.07, 6.45) is 1.66. The zero-order chi connectivity index (χ0) is 14.9. The van der Waals surface area contributed by atoms with Gasteiger partial charge in [0.05, 0.1) is 0 Å². The average molecular weight is 322 g/mol. The van der Waals surface area contributed by atoms with E-state index in [0.29, 0.717) is 23.2 Å². The third-order valence-electron chi connectivity index (χ3n) is 3.77. The van der Waals surface area contributed by atoms with Crippen LogP contribution in [0.4, 0.5) is 0 Å². The Morgan fingerprint density at radius 2 is 2.05 bits per heavy atom. The van der Waals surface area contributed by atoms with Crippen LogP contribution in [0, 0.1) is 0 Å². The summed E-state index contributed by atoms with van der Waals surface area (Å²) in [6, 6.07) is 11.7. The summed E-state index contributed by atoms with van der Waals surface area (Å²) in [5.41, 5.74) is 8.07. The molecular formula is C15H18N2O2S2. The molecule has 1 heterocycles. The standard InChI is InChI=1S/C15H18N2O2S2/c16-8-7-13-5-6-15(20-13)21(18,19)17-10-12-9-11-3-1-2-4-14(11)12/h1-6,12,17H,7-10,16H2. The van der Waals surface area contributed by atoms with E-state index >= 15 is 0 Å². The van der Waals surface area contributed by atoms with E-state index in [0.717, 1.165) is 17.7 Å². The number of hydrogen-bond acceptors (Lipinski definition) is 4. The maximum absolute atomic E-state index is 12.3. The highest BCUT2D eigenvalue weighted by atomic mass is 32.2. The molecule has 1 aromatic carbocycles. The molecule has 0 amide bonds. The SMILES string of the molecule is NCCc1ccc(S(=O)(=O)NCC2Cc3ccccc32)s1. The predicted octanol–water partition coefficient (Wildman–Crippen LogP) is 1.87. The largest absolute Gasteiger partial charge is 0.330 e. The smallest absolute Gasteiger partial charge is 0.250 e. The predicted molar refractivity (Wildman–Crippen MR) is 85.2 cm³/mol. The molecule has 0 spiro atoms.